The summed E-state index contributed by atoms with van der Waals surface area (Å²) in [6, 6.07) is 28.3. The van der Waals surface area contributed by atoms with Crippen molar-refractivity contribution in [3.05, 3.63) is 113 Å². The second-order valence-electron chi connectivity index (χ2n) is 10.0. The highest BCUT2D eigenvalue weighted by Gasteiger charge is 2.28. The summed E-state index contributed by atoms with van der Waals surface area (Å²) in [5.41, 5.74) is 3.22. The molecule has 1 aliphatic rings. The van der Waals surface area contributed by atoms with Gasteiger partial charge in [-0.3, -0.25) is 4.79 Å². The van der Waals surface area contributed by atoms with Crippen molar-refractivity contribution in [3.63, 3.8) is 0 Å². The first kappa shape index (κ1) is 29.4. The van der Waals surface area contributed by atoms with Gasteiger partial charge in [0.05, 0.1) is 18.5 Å². The highest BCUT2D eigenvalue weighted by atomic mass is 35.5. The Morgan fingerprint density at radius 2 is 1.45 bits per heavy atom. The van der Waals surface area contributed by atoms with E-state index in [9.17, 15) is 13.2 Å². The van der Waals surface area contributed by atoms with Crippen LogP contribution in [0.15, 0.2) is 102 Å². The standard InChI is InChI=1S/C32H33ClN4O4S/c1-23(24-8-4-3-5-9-24)35-42(39,40)31-22-27(34-32(38)25-12-14-26(33)15-13-25)16-17-29(31)37-20-18-36(19-21-37)28-10-6-7-11-30(28)41-2/h3-17,22-23,35H,18-21H2,1-2H3,(H,34,38). The number of nitrogens with one attached hydrogen (secondary N) is 2. The Morgan fingerprint density at radius 3 is 2.12 bits per heavy atom. The maximum Gasteiger partial charge on any atom is 0.255 e. The van der Waals surface area contributed by atoms with Crippen molar-refractivity contribution in [1.29, 1.82) is 0 Å². The molecule has 1 unspecified atom stereocenters. The van der Waals surface area contributed by atoms with E-state index in [1.54, 1.807) is 43.5 Å². The van der Waals surface area contributed by atoms with Crippen LogP contribution in [0, 0.1) is 0 Å². The Kier molecular flexibility index (Phi) is 9.01. The Bertz CT molecular complexity index is 1640. The van der Waals surface area contributed by atoms with Crippen LogP contribution in [0.5, 0.6) is 5.75 Å². The third kappa shape index (κ3) is 6.70. The first-order valence-corrected chi connectivity index (χ1v) is 15.5. The SMILES string of the molecule is COc1ccccc1N1CCN(c2ccc(NC(=O)c3ccc(Cl)cc3)cc2S(=O)(=O)NC(C)c2ccccc2)CC1. The summed E-state index contributed by atoms with van der Waals surface area (Å²) >= 11 is 5.96. The molecule has 0 bridgehead atoms. The van der Waals surface area contributed by atoms with Crippen LogP contribution in [0.25, 0.3) is 0 Å². The van der Waals surface area contributed by atoms with Gasteiger partial charge in [0, 0.05) is 48.5 Å². The molecule has 10 heteroatoms. The van der Waals surface area contributed by atoms with Gasteiger partial charge < -0.3 is 19.9 Å². The minimum atomic E-state index is -3.99. The van der Waals surface area contributed by atoms with Gasteiger partial charge in [-0.2, -0.15) is 0 Å². The van der Waals surface area contributed by atoms with Crippen LogP contribution in [0.4, 0.5) is 17.1 Å². The Labute approximate surface area is 251 Å². The lowest BCUT2D eigenvalue weighted by atomic mass is 10.1. The molecule has 2 N–H and O–H groups in total. The van der Waals surface area contributed by atoms with Gasteiger partial charge in [-0.25, -0.2) is 13.1 Å². The average Bonchev–Trinajstić information content (AvgIpc) is 3.01. The summed E-state index contributed by atoms with van der Waals surface area (Å²) in [7, 11) is -2.33. The fourth-order valence-corrected chi connectivity index (χ4v) is 6.67. The van der Waals surface area contributed by atoms with Crippen LogP contribution >= 0.6 is 11.6 Å². The van der Waals surface area contributed by atoms with E-state index in [0.717, 1.165) is 17.0 Å². The minimum absolute atomic E-state index is 0.102. The molecule has 1 amide bonds. The molecule has 8 nitrogen and oxygen atoms in total. The molecule has 1 aliphatic heterocycles. The number of hydrogen-bond acceptors (Lipinski definition) is 6. The number of ether oxygens (including phenoxy) is 1. The zero-order valence-corrected chi connectivity index (χ0v) is 25.0. The van der Waals surface area contributed by atoms with E-state index in [1.165, 1.54) is 6.07 Å². The minimum Gasteiger partial charge on any atom is -0.495 e. The molecule has 4 aromatic carbocycles. The molecular weight excluding hydrogens is 572 g/mol. The normalized spacial score (nSPS) is 14.4. The summed E-state index contributed by atoms with van der Waals surface area (Å²) in [6.07, 6.45) is 0. The van der Waals surface area contributed by atoms with Crippen LogP contribution in [0.3, 0.4) is 0 Å². The number of methoxy groups -OCH3 is 1. The molecular formula is C32H33ClN4O4S. The molecule has 0 aliphatic carbocycles. The lowest BCUT2D eigenvalue weighted by molar-refractivity contribution is 0.102. The van der Waals surface area contributed by atoms with Crippen LogP contribution in [0.1, 0.15) is 28.9 Å². The third-order valence-corrected chi connectivity index (χ3v) is 9.11. The summed E-state index contributed by atoms with van der Waals surface area (Å²) in [5.74, 6) is 0.438. The third-order valence-electron chi connectivity index (χ3n) is 7.29. The zero-order chi connectivity index (χ0) is 29.7. The van der Waals surface area contributed by atoms with Crippen molar-refractivity contribution in [2.24, 2.45) is 0 Å². The summed E-state index contributed by atoms with van der Waals surface area (Å²) in [4.78, 5) is 17.3. The predicted octanol–water partition coefficient (Wildman–Crippen LogP) is 5.97. The maximum absolute atomic E-state index is 13.9. The van der Waals surface area contributed by atoms with Crippen molar-refractivity contribution in [2.45, 2.75) is 17.9 Å². The number of anilines is 3. The number of hydrogen-bond donors (Lipinski definition) is 2. The molecule has 42 heavy (non-hydrogen) atoms. The Balaban J connectivity index is 1.43. The molecule has 0 radical (unpaired) electrons. The average molecular weight is 605 g/mol. The van der Waals surface area contributed by atoms with Gasteiger partial charge in [0.15, 0.2) is 0 Å². The molecule has 0 aromatic heterocycles. The van der Waals surface area contributed by atoms with E-state index in [-0.39, 0.29) is 10.8 Å². The maximum atomic E-state index is 13.9. The molecule has 1 heterocycles. The van der Waals surface area contributed by atoms with Gasteiger partial charge in [0.2, 0.25) is 10.0 Å². The fraction of sp³-hybridized carbons (Fsp3) is 0.219. The number of para-hydroxylation sites is 2. The van der Waals surface area contributed by atoms with Crippen LogP contribution in [-0.4, -0.2) is 47.6 Å². The molecule has 218 valence electrons. The number of amides is 1. The van der Waals surface area contributed by atoms with E-state index in [4.69, 9.17) is 16.3 Å². The molecule has 0 spiro atoms. The smallest absolute Gasteiger partial charge is 0.255 e. The number of carbonyl (C=O) groups excluding carboxylic acids is 1. The first-order chi connectivity index (χ1) is 20.2. The molecule has 4 aromatic rings. The van der Waals surface area contributed by atoms with Crippen molar-refractivity contribution in [3.8, 4) is 5.75 Å². The topological polar surface area (TPSA) is 91.0 Å². The fourth-order valence-electron chi connectivity index (χ4n) is 5.06. The molecule has 5 rings (SSSR count). The van der Waals surface area contributed by atoms with E-state index < -0.39 is 16.1 Å². The number of carbonyl (C=O) groups is 1. The van der Waals surface area contributed by atoms with E-state index in [1.807, 2.05) is 61.5 Å². The largest absolute Gasteiger partial charge is 0.495 e. The summed E-state index contributed by atoms with van der Waals surface area (Å²) in [5, 5.41) is 3.35. The van der Waals surface area contributed by atoms with Crippen LogP contribution in [-0.2, 0) is 10.0 Å². The highest BCUT2D eigenvalue weighted by molar-refractivity contribution is 7.89. The highest BCUT2D eigenvalue weighted by Crippen LogP contribution is 2.33. The lowest BCUT2D eigenvalue weighted by Crippen LogP contribution is -2.47. The predicted molar refractivity (Wildman–Crippen MR) is 168 cm³/mol. The van der Waals surface area contributed by atoms with Crippen molar-refractivity contribution in [1.82, 2.24) is 4.72 Å². The van der Waals surface area contributed by atoms with E-state index in [0.29, 0.717) is 48.1 Å². The Hall–Kier alpha value is -4.05. The van der Waals surface area contributed by atoms with Gasteiger partial charge in [-0.15, -0.1) is 0 Å². The second-order valence-corrected chi connectivity index (χ2v) is 12.2. The molecule has 1 fully saturated rings. The van der Waals surface area contributed by atoms with E-state index >= 15 is 0 Å². The van der Waals surface area contributed by atoms with Crippen molar-refractivity contribution in [2.75, 3.05) is 48.4 Å². The number of rotatable bonds is 9. The van der Waals surface area contributed by atoms with Crippen LogP contribution in [0.2, 0.25) is 5.02 Å². The monoisotopic (exact) mass is 604 g/mol. The summed E-state index contributed by atoms with van der Waals surface area (Å²) in [6.45, 7) is 4.38. The number of nitrogens with zero attached hydrogens (tertiary/aromatic N) is 2. The first-order valence-electron chi connectivity index (χ1n) is 13.7. The van der Waals surface area contributed by atoms with Crippen molar-refractivity contribution >= 4 is 44.6 Å². The molecule has 0 saturated carbocycles. The molecule has 1 atom stereocenters. The second kappa shape index (κ2) is 12.9. The summed E-state index contributed by atoms with van der Waals surface area (Å²) < 4.78 is 36.2. The van der Waals surface area contributed by atoms with Gasteiger partial charge >= 0.3 is 0 Å². The molecule has 1 saturated heterocycles. The number of sulfonamides is 1. The number of halogens is 1. The number of benzene rings is 4. The van der Waals surface area contributed by atoms with E-state index in [2.05, 4.69) is 19.8 Å². The lowest BCUT2D eigenvalue weighted by Gasteiger charge is -2.38. The van der Waals surface area contributed by atoms with Crippen molar-refractivity contribution < 1.29 is 17.9 Å². The zero-order valence-electron chi connectivity index (χ0n) is 23.5. The Morgan fingerprint density at radius 1 is 0.833 bits per heavy atom. The quantitative estimate of drug-likeness (QED) is 0.245. The van der Waals surface area contributed by atoms with Gasteiger partial charge in [-0.1, -0.05) is 54.1 Å². The number of piperazine rings is 1. The van der Waals surface area contributed by atoms with Crippen LogP contribution < -0.4 is 24.6 Å². The van der Waals surface area contributed by atoms with Gasteiger partial charge in [0.1, 0.15) is 10.6 Å². The van der Waals surface area contributed by atoms with Gasteiger partial charge in [-0.05, 0) is 67.1 Å². The van der Waals surface area contributed by atoms with Gasteiger partial charge in [0.25, 0.3) is 5.91 Å².